The third kappa shape index (κ3) is 3.72. The van der Waals surface area contributed by atoms with Crippen LogP contribution in [0.25, 0.3) is 0 Å². The van der Waals surface area contributed by atoms with Crippen molar-refractivity contribution in [1.29, 1.82) is 0 Å². The van der Waals surface area contributed by atoms with Crippen molar-refractivity contribution in [3.63, 3.8) is 0 Å². The van der Waals surface area contributed by atoms with Gasteiger partial charge in [0.15, 0.2) is 9.84 Å². The van der Waals surface area contributed by atoms with Gasteiger partial charge in [-0.25, -0.2) is 8.42 Å². The number of amides is 1. The average Bonchev–Trinajstić information content (AvgIpc) is 2.57. The molecule has 1 aliphatic rings. The number of nitrogens with zero attached hydrogens (tertiary/aromatic N) is 1. The minimum Gasteiger partial charge on any atom is -0.381 e. The molecule has 2 rings (SSSR count). The minimum atomic E-state index is -3.43. The van der Waals surface area contributed by atoms with Gasteiger partial charge >= 0.3 is 0 Å². The third-order valence-electron chi connectivity index (χ3n) is 4.64. The molecule has 0 aliphatic carbocycles. The van der Waals surface area contributed by atoms with E-state index < -0.39 is 15.7 Å². The highest BCUT2D eigenvalue weighted by molar-refractivity contribution is 7.91. The molecular formula is C17H26N2O4S. The van der Waals surface area contributed by atoms with E-state index in [0.29, 0.717) is 13.2 Å². The molecule has 2 N–H and O–H groups in total. The van der Waals surface area contributed by atoms with Gasteiger partial charge in [-0.3, -0.25) is 4.79 Å². The Balaban J connectivity index is 2.59. The van der Waals surface area contributed by atoms with Crippen molar-refractivity contribution in [1.82, 2.24) is 0 Å². The summed E-state index contributed by atoms with van der Waals surface area (Å²) in [6.07, 6.45) is 1.76. The smallest absolute Gasteiger partial charge is 0.249 e. The van der Waals surface area contributed by atoms with Crippen molar-refractivity contribution >= 4 is 21.4 Å². The molecular weight excluding hydrogens is 328 g/mol. The van der Waals surface area contributed by atoms with Gasteiger partial charge in [-0.2, -0.15) is 0 Å². The second-order valence-electron chi connectivity index (χ2n) is 6.01. The van der Waals surface area contributed by atoms with Crippen LogP contribution in [0.15, 0.2) is 17.0 Å². The molecule has 0 saturated carbocycles. The van der Waals surface area contributed by atoms with Crippen LogP contribution < -0.4 is 10.6 Å². The molecule has 1 amide bonds. The summed E-state index contributed by atoms with van der Waals surface area (Å²) < 4.78 is 30.1. The van der Waals surface area contributed by atoms with Gasteiger partial charge in [-0.1, -0.05) is 6.92 Å². The molecule has 1 aromatic rings. The van der Waals surface area contributed by atoms with Crippen molar-refractivity contribution in [3.05, 3.63) is 23.3 Å². The summed E-state index contributed by atoms with van der Waals surface area (Å²) in [7, 11) is -3.43. The van der Waals surface area contributed by atoms with Crippen LogP contribution in [0.4, 0.5) is 5.69 Å². The summed E-state index contributed by atoms with van der Waals surface area (Å²) >= 11 is 0. The lowest BCUT2D eigenvalue weighted by Crippen LogP contribution is -2.40. The van der Waals surface area contributed by atoms with Crippen molar-refractivity contribution in [2.45, 2.75) is 44.6 Å². The van der Waals surface area contributed by atoms with Gasteiger partial charge in [-0.05, 0) is 44.4 Å². The quantitative estimate of drug-likeness (QED) is 0.842. The fourth-order valence-corrected chi connectivity index (χ4v) is 4.12. The van der Waals surface area contributed by atoms with Crippen molar-refractivity contribution < 1.29 is 17.9 Å². The SMILES string of the molecule is CCN(c1cc(S(=O)(=O)CC)cc(C(N)=O)c1C)C1CCOCC1. The number of carbonyl (C=O) groups excluding carboxylic acids is 1. The van der Waals surface area contributed by atoms with Gasteiger partial charge in [0, 0.05) is 37.1 Å². The van der Waals surface area contributed by atoms with E-state index >= 15 is 0 Å². The van der Waals surface area contributed by atoms with Gasteiger partial charge in [0.1, 0.15) is 0 Å². The lowest BCUT2D eigenvalue weighted by Gasteiger charge is -2.36. The summed E-state index contributed by atoms with van der Waals surface area (Å²) in [6.45, 7) is 7.54. The number of hydrogen-bond acceptors (Lipinski definition) is 5. The predicted molar refractivity (Wildman–Crippen MR) is 94.3 cm³/mol. The van der Waals surface area contributed by atoms with Crippen LogP contribution in [0.1, 0.15) is 42.6 Å². The summed E-state index contributed by atoms with van der Waals surface area (Å²) in [6, 6.07) is 3.35. The molecule has 7 heteroatoms. The third-order valence-corrected chi connectivity index (χ3v) is 6.35. The number of primary amides is 1. The number of carbonyl (C=O) groups is 1. The summed E-state index contributed by atoms with van der Waals surface area (Å²) in [4.78, 5) is 14.1. The minimum absolute atomic E-state index is 0.0168. The molecule has 24 heavy (non-hydrogen) atoms. The maximum Gasteiger partial charge on any atom is 0.249 e. The van der Waals surface area contributed by atoms with Crippen molar-refractivity contribution in [3.8, 4) is 0 Å². The monoisotopic (exact) mass is 354 g/mol. The van der Waals surface area contributed by atoms with E-state index in [9.17, 15) is 13.2 Å². The summed E-state index contributed by atoms with van der Waals surface area (Å²) in [5.41, 5.74) is 7.25. The van der Waals surface area contributed by atoms with Crippen LogP contribution >= 0.6 is 0 Å². The van der Waals surface area contributed by atoms with Crippen molar-refractivity contribution in [2.24, 2.45) is 5.73 Å². The maximum atomic E-state index is 12.3. The molecule has 1 heterocycles. The molecule has 0 radical (unpaired) electrons. The first-order valence-corrected chi connectivity index (χ1v) is 9.98. The molecule has 6 nitrogen and oxygen atoms in total. The van der Waals surface area contributed by atoms with Crippen LogP contribution in [-0.2, 0) is 14.6 Å². The lowest BCUT2D eigenvalue weighted by molar-refractivity contribution is 0.0846. The van der Waals surface area contributed by atoms with Gasteiger partial charge in [0.2, 0.25) is 5.91 Å². The van der Waals surface area contributed by atoms with E-state index in [4.69, 9.17) is 10.5 Å². The van der Waals surface area contributed by atoms with Crippen LogP contribution in [0.2, 0.25) is 0 Å². The second-order valence-corrected chi connectivity index (χ2v) is 8.29. The Bertz CT molecular complexity index is 710. The molecule has 134 valence electrons. The van der Waals surface area contributed by atoms with Gasteiger partial charge in [-0.15, -0.1) is 0 Å². The van der Waals surface area contributed by atoms with Crippen molar-refractivity contribution in [2.75, 3.05) is 30.4 Å². The Morgan fingerprint density at radius 1 is 1.29 bits per heavy atom. The Morgan fingerprint density at radius 3 is 2.42 bits per heavy atom. The normalized spacial score (nSPS) is 16.1. The summed E-state index contributed by atoms with van der Waals surface area (Å²) in [5, 5.41) is 0. The molecule has 0 aromatic heterocycles. The van der Waals surface area contributed by atoms with Crippen LogP contribution in [0, 0.1) is 6.92 Å². The fraction of sp³-hybridized carbons (Fsp3) is 0.588. The lowest BCUT2D eigenvalue weighted by atomic mass is 10.0. The zero-order chi connectivity index (χ0) is 17.9. The standard InChI is InChI=1S/C17H26N2O4S/c1-4-19(13-6-8-23-9-7-13)16-11-14(24(21,22)5-2)10-15(12(16)3)17(18)20/h10-11,13H,4-9H2,1-3H3,(H2,18,20). The Kier molecular flexibility index (Phi) is 5.87. The van der Waals surface area contributed by atoms with E-state index in [2.05, 4.69) is 4.90 Å². The van der Waals surface area contributed by atoms with E-state index in [1.54, 1.807) is 13.0 Å². The molecule has 0 spiro atoms. The molecule has 0 atom stereocenters. The number of sulfone groups is 1. The Hall–Kier alpha value is -1.60. The van der Waals surface area contributed by atoms with Gasteiger partial charge < -0.3 is 15.4 Å². The largest absolute Gasteiger partial charge is 0.381 e. The molecule has 1 aromatic carbocycles. The number of anilines is 1. The van der Waals surface area contributed by atoms with Gasteiger partial charge in [0.25, 0.3) is 0 Å². The number of benzene rings is 1. The topological polar surface area (TPSA) is 89.7 Å². The highest BCUT2D eigenvalue weighted by Crippen LogP contribution is 2.31. The Morgan fingerprint density at radius 2 is 1.92 bits per heavy atom. The van der Waals surface area contributed by atoms with Crippen LogP contribution in [-0.4, -0.2) is 45.9 Å². The second kappa shape index (κ2) is 7.53. The first-order chi connectivity index (χ1) is 11.3. The van der Waals surface area contributed by atoms with Gasteiger partial charge in [0.05, 0.1) is 10.6 Å². The zero-order valence-electron chi connectivity index (χ0n) is 14.5. The van der Waals surface area contributed by atoms with E-state index in [1.165, 1.54) is 6.07 Å². The van der Waals surface area contributed by atoms with Crippen LogP contribution in [0.3, 0.4) is 0 Å². The molecule has 1 saturated heterocycles. The molecule has 1 fully saturated rings. The molecule has 0 bridgehead atoms. The fourth-order valence-electron chi connectivity index (χ4n) is 3.20. The number of rotatable bonds is 6. The highest BCUT2D eigenvalue weighted by atomic mass is 32.2. The zero-order valence-corrected chi connectivity index (χ0v) is 15.4. The first-order valence-electron chi connectivity index (χ1n) is 8.33. The Labute approximate surface area is 143 Å². The average molecular weight is 354 g/mol. The number of hydrogen-bond donors (Lipinski definition) is 1. The maximum absolute atomic E-state index is 12.3. The number of ether oxygens (including phenoxy) is 1. The summed E-state index contributed by atoms with van der Waals surface area (Å²) in [5.74, 6) is -0.623. The highest BCUT2D eigenvalue weighted by Gasteiger charge is 2.26. The first kappa shape index (κ1) is 18.7. The van der Waals surface area contributed by atoms with E-state index in [-0.39, 0.29) is 22.3 Å². The molecule has 1 aliphatic heterocycles. The molecule has 0 unspecified atom stereocenters. The van der Waals surface area contributed by atoms with Crippen LogP contribution in [0.5, 0.6) is 0 Å². The van der Waals surface area contributed by atoms with E-state index in [1.807, 2.05) is 13.8 Å². The van der Waals surface area contributed by atoms with E-state index in [0.717, 1.165) is 30.6 Å². The number of nitrogens with two attached hydrogens (primary N) is 1. The predicted octanol–water partition coefficient (Wildman–Crippen LogP) is 1.89.